The molecule has 0 aliphatic carbocycles. The van der Waals surface area contributed by atoms with Gasteiger partial charge in [-0.05, 0) is 44.9 Å². The normalized spacial score (nSPS) is 25.6. The highest BCUT2D eigenvalue weighted by molar-refractivity contribution is 5.41. The molecule has 0 spiro atoms. The first-order valence-corrected chi connectivity index (χ1v) is 7.66. The number of benzene rings is 1. The maximum atomic E-state index is 5.90. The van der Waals surface area contributed by atoms with E-state index in [9.17, 15) is 0 Å². The van der Waals surface area contributed by atoms with Crippen molar-refractivity contribution in [3.63, 3.8) is 0 Å². The van der Waals surface area contributed by atoms with Crippen LogP contribution in [0.4, 0.5) is 0 Å². The molecule has 1 aromatic rings. The molecule has 2 aliphatic rings. The van der Waals surface area contributed by atoms with E-state index >= 15 is 0 Å². The van der Waals surface area contributed by atoms with E-state index in [2.05, 4.69) is 37.4 Å². The first kappa shape index (κ1) is 14.8. The van der Waals surface area contributed by atoms with Crippen LogP contribution in [0.3, 0.4) is 0 Å². The maximum absolute atomic E-state index is 5.90. The topological polar surface area (TPSA) is 39.7 Å². The van der Waals surface area contributed by atoms with Crippen molar-refractivity contribution in [1.29, 1.82) is 0 Å². The fourth-order valence-electron chi connectivity index (χ4n) is 3.01. The molecule has 4 heteroatoms. The number of nitrogens with one attached hydrogen (secondary N) is 1. The Balaban J connectivity index is 1.51. The molecule has 1 atom stereocenters. The minimum absolute atomic E-state index is 0.0744. The summed E-state index contributed by atoms with van der Waals surface area (Å²) in [6, 6.07) is 6.45. The highest BCUT2D eigenvalue weighted by Crippen LogP contribution is 2.35. The highest BCUT2D eigenvalue weighted by Gasteiger charge is 2.32. The minimum Gasteiger partial charge on any atom is -0.487 e. The molecule has 0 bridgehead atoms. The summed E-state index contributed by atoms with van der Waals surface area (Å²) in [5.41, 5.74) is 2.52. The van der Waals surface area contributed by atoms with Crippen molar-refractivity contribution in [2.45, 2.75) is 58.2 Å². The number of rotatable bonds is 4. The van der Waals surface area contributed by atoms with E-state index in [1.54, 1.807) is 0 Å². The second kappa shape index (κ2) is 5.27. The van der Waals surface area contributed by atoms with Gasteiger partial charge in [0, 0.05) is 19.5 Å². The lowest BCUT2D eigenvalue weighted by Gasteiger charge is -2.17. The second-order valence-corrected chi connectivity index (χ2v) is 7.06. The summed E-state index contributed by atoms with van der Waals surface area (Å²) in [5, 5.41) is 3.45. The van der Waals surface area contributed by atoms with Gasteiger partial charge in [-0.1, -0.05) is 12.1 Å². The van der Waals surface area contributed by atoms with E-state index in [4.69, 9.17) is 14.2 Å². The summed E-state index contributed by atoms with van der Waals surface area (Å²) in [6.07, 6.45) is 1.11. The smallest absolute Gasteiger partial charge is 0.163 e. The van der Waals surface area contributed by atoms with Gasteiger partial charge in [0.15, 0.2) is 5.79 Å². The van der Waals surface area contributed by atoms with Crippen molar-refractivity contribution in [2.24, 2.45) is 0 Å². The summed E-state index contributed by atoms with van der Waals surface area (Å²) in [5.74, 6) is 0.584. The first-order chi connectivity index (χ1) is 9.83. The Morgan fingerprint density at radius 1 is 1.24 bits per heavy atom. The molecule has 21 heavy (non-hydrogen) atoms. The van der Waals surface area contributed by atoms with Gasteiger partial charge in [0.2, 0.25) is 0 Å². The van der Waals surface area contributed by atoms with Crippen molar-refractivity contribution in [2.75, 3.05) is 13.2 Å². The van der Waals surface area contributed by atoms with E-state index < -0.39 is 5.79 Å². The van der Waals surface area contributed by atoms with Crippen molar-refractivity contribution >= 4 is 0 Å². The lowest BCUT2D eigenvalue weighted by atomic mass is 10.0. The maximum Gasteiger partial charge on any atom is 0.163 e. The van der Waals surface area contributed by atoms with E-state index in [0.29, 0.717) is 6.61 Å². The molecule has 1 saturated heterocycles. The molecule has 4 nitrogen and oxygen atoms in total. The molecular weight excluding hydrogens is 266 g/mol. The Morgan fingerprint density at radius 2 is 2.05 bits per heavy atom. The lowest BCUT2D eigenvalue weighted by molar-refractivity contribution is -0.137. The third-order valence-electron chi connectivity index (χ3n) is 3.90. The fourth-order valence-corrected chi connectivity index (χ4v) is 3.01. The average molecular weight is 291 g/mol. The van der Waals surface area contributed by atoms with Crippen molar-refractivity contribution in [1.82, 2.24) is 5.32 Å². The number of ether oxygens (including phenoxy) is 3. The SMILES string of the molecule is CC1(C)Cc2cc(CNCC3COC(C)(C)O3)ccc2O1. The first-order valence-electron chi connectivity index (χ1n) is 7.66. The van der Waals surface area contributed by atoms with Gasteiger partial charge in [0.1, 0.15) is 11.4 Å². The van der Waals surface area contributed by atoms with Gasteiger partial charge >= 0.3 is 0 Å². The van der Waals surface area contributed by atoms with Gasteiger partial charge in [-0.2, -0.15) is 0 Å². The lowest BCUT2D eigenvalue weighted by Crippen LogP contribution is -2.30. The largest absolute Gasteiger partial charge is 0.487 e. The predicted molar refractivity (Wildman–Crippen MR) is 81.5 cm³/mol. The fraction of sp³-hybridized carbons (Fsp3) is 0.647. The van der Waals surface area contributed by atoms with Crippen molar-refractivity contribution in [3.05, 3.63) is 29.3 Å². The van der Waals surface area contributed by atoms with E-state index in [0.717, 1.165) is 25.3 Å². The van der Waals surface area contributed by atoms with Crippen LogP contribution in [0.2, 0.25) is 0 Å². The Kier molecular flexibility index (Phi) is 3.72. The van der Waals surface area contributed by atoms with Gasteiger partial charge < -0.3 is 19.5 Å². The average Bonchev–Trinajstić information content (AvgIpc) is 2.86. The van der Waals surface area contributed by atoms with E-state index in [1.165, 1.54) is 11.1 Å². The minimum atomic E-state index is -0.442. The Bertz CT molecular complexity index is 525. The highest BCUT2D eigenvalue weighted by atomic mass is 16.7. The molecule has 0 saturated carbocycles. The van der Waals surface area contributed by atoms with Crippen LogP contribution in [0.25, 0.3) is 0 Å². The Morgan fingerprint density at radius 3 is 2.76 bits per heavy atom. The van der Waals surface area contributed by atoms with Gasteiger partial charge in [-0.15, -0.1) is 0 Å². The molecule has 116 valence electrons. The Labute approximate surface area is 126 Å². The molecule has 1 unspecified atom stereocenters. The van der Waals surface area contributed by atoms with Gasteiger partial charge in [0.05, 0.1) is 12.7 Å². The molecular formula is C17H25NO3. The number of fused-ring (bicyclic) bond motifs is 1. The van der Waals surface area contributed by atoms with Gasteiger partial charge in [0.25, 0.3) is 0 Å². The van der Waals surface area contributed by atoms with Crippen LogP contribution in [-0.4, -0.2) is 30.6 Å². The summed E-state index contributed by atoms with van der Waals surface area (Å²) in [7, 11) is 0. The summed E-state index contributed by atoms with van der Waals surface area (Å²) < 4.78 is 17.2. The monoisotopic (exact) mass is 291 g/mol. The predicted octanol–water partition coefficient (Wildman–Crippen LogP) is 2.64. The van der Waals surface area contributed by atoms with E-state index in [1.807, 2.05) is 13.8 Å². The van der Waals surface area contributed by atoms with Gasteiger partial charge in [-0.25, -0.2) is 0 Å². The summed E-state index contributed by atoms with van der Waals surface area (Å²) in [4.78, 5) is 0. The zero-order valence-electron chi connectivity index (χ0n) is 13.4. The summed E-state index contributed by atoms with van der Waals surface area (Å²) in [6.45, 7) is 10.5. The van der Waals surface area contributed by atoms with Crippen LogP contribution in [-0.2, 0) is 22.4 Å². The van der Waals surface area contributed by atoms with Crippen LogP contribution in [0, 0.1) is 0 Å². The van der Waals surface area contributed by atoms with Crippen LogP contribution < -0.4 is 10.1 Å². The van der Waals surface area contributed by atoms with Crippen LogP contribution in [0.5, 0.6) is 5.75 Å². The third-order valence-corrected chi connectivity index (χ3v) is 3.90. The molecule has 0 aromatic heterocycles. The zero-order valence-corrected chi connectivity index (χ0v) is 13.4. The molecule has 2 aliphatic heterocycles. The number of hydrogen-bond acceptors (Lipinski definition) is 4. The van der Waals surface area contributed by atoms with Gasteiger partial charge in [-0.3, -0.25) is 0 Å². The Hall–Kier alpha value is -1.10. The van der Waals surface area contributed by atoms with Crippen LogP contribution in [0.15, 0.2) is 18.2 Å². The van der Waals surface area contributed by atoms with Crippen molar-refractivity contribution in [3.8, 4) is 5.75 Å². The number of hydrogen-bond donors (Lipinski definition) is 1. The van der Waals surface area contributed by atoms with Crippen LogP contribution >= 0.6 is 0 Å². The van der Waals surface area contributed by atoms with E-state index in [-0.39, 0.29) is 11.7 Å². The second-order valence-electron chi connectivity index (χ2n) is 7.06. The zero-order chi connectivity index (χ0) is 15.1. The van der Waals surface area contributed by atoms with Crippen molar-refractivity contribution < 1.29 is 14.2 Å². The molecule has 0 amide bonds. The molecule has 3 rings (SSSR count). The molecule has 1 N–H and O–H groups in total. The quantitative estimate of drug-likeness (QED) is 0.926. The molecule has 1 aromatic carbocycles. The molecule has 2 heterocycles. The van der Waals surface area contributed by atoms with Crippen LogP contribution in [0.1, 0.15) is 38.8 Å². The standard InChI is InChI=1S/C17H25NO3/c1-16(2)8-13-7-12(5-6-15(13)21-16)9-18-10-14-11-19-17(3,4)20-14/h5-7,14,18H,8-11H2,1-4H3. The molecule has 1 fully saturated rings. The third kappa shape index (κ3) is 3.57. The summed E-state index contributed by atoms with van der Waals surface area (Å²) >= 11 is 0. The molecule has 0 radical (unpaired) electrons.